The van der Waals surface area contributed by atoms with E-state index in [9.17, 15) is 4.79 Å². The van der Waals surface area contributed by atoms with Gasteiger partial charge in [0.25, 0.3) is 5.56 Å². The quantitative estimate of drug-likeness (QED) is 0.772. The van der Waals surface area contributed by atoms with Gasteiger partial charge in [0, 0.05) is 12.5 Å². The van der Waals surface area contributed by atoms with E-state index in [0.29, 0.717) is 6.42 Å². The first-order chi connectivity index (χ1) is 11.7. The van der Waals surface area contributed by atoms with Crippen molar-refractivity contribution in [3.8, 4) is 11.5 Å². The largest absolute Gasteiger partial charge is 0.457 e. The lowest BCUT2D eigenvalue weighted by Crippen LogP contribution is -2.07. The third-order valence-corrected chi connectivity index (χ3v) is 3.95. The third-order valence-electron chi connectivity index (χ3n) is 3.95. The number of hydrogen-bond acceptors (Lipinski definition) is 3. The SMILES string of the molecule is CCc1ccc(Cc2ccc(=O)[nH]n2)cc1Oc1ccccc1C. The van der Waals surface area contributed by atoms with E-state index in [2.05, 4.69) is 35.3 Å². The summed E-state index contributed by atoms with van der Waals surface area (Å²) >= 11 is 0. The molecule has 0 aliphatic rings. The number of aromatic nitrogens is 2. The van der Waals surface area contributed by atoms with Crippen molar-refractivity contribution in [3.63, 3.8) is 0 Å². The van der Waals surface area contributed by atoms with Gasteiger partial charge in [-0.15, -0.1) is 0 Å². The molecule has 1 N–H and O–H groups in total. The lowest BCUT2D eigenvalue weighted by molar-refractivity contribution is 0.472. The highest BCUT2D eigenvalue weighted by Crippen LogP contribution is 2.29. The van der Waals surface area contributed by atoms with E-state index < -0.39 is 0 Å². The fraction of sp³-hybridized carbons (Fsp3) is 0.200. The predicted octanol–water partition coefficient (Wildman–Crippen LogP) is 4.02. The zero-order chi connectivity index (χ0) is 16.9. The fourth-order valence-electron chi connectivity index (χ4n) is 2.57. The minimum Gasteiger partial charge on any atom is -0.457 e. The molecule has 4 heteroatoms. The Kier molecular flexibility index (Phi) is 4.75. The second-order valence-corrected chi connectivity index (χ2v) is 5.75. The van der Waals surface area contributed by atoms with Crippen LogP contribution in [0.25, 0.3) is 0 Å². The molecule has 0 saturated heterocycles. The molecule has 3 rings (SSSR count). The van der Waals surface area contributed by atoms with Crippen molar-refractivity contribution >= 4 is 0 Å². The number of para-hydroxylation sites is 1. The first kappa shape index (κ1) is 16.0. The summed E-state index contributed by atoms with van der Waals surface area (Å²) in [7, 11) is 0. The van der Waals surface area contributed by atoms with Crippen LogP contribution in [0.3, 0.4) is 0 Å². The molecular formula is C20H20N2O2. The molecule has 0 aliphatic carbocycles. The van der Waals surface area contributed by atoms with E-state index in [1.54, 1.807) is 6.07 Å². The van der Waals surface area contributed by atoms with Crippen molar-refractivity contribution < 1.29 is 4.74 Å². The maximum absolute atomic E-state index is 11.1. The number of benzene rings is 2. The molecule has 0 saturated carbocycles. The number of ether oxygens (including phenoxy) is 1. The first-order valence-electron chi connectivity index (χ1n) is 8.05. The lowest BCUT2D eigenvalue weighted by atomic mass is 10.0. The van der Waals surface area contributed by atoms with Gasteiger partial charge >= 0.3 is 0 Å². The van der Waals surface area contributed by atoms with Crippen LogP contribution in [-0.2, 0) is 12.8 Å². The topological polar surface area (TPSA) is 55.0 Å². The van der Waals surface area contributed by atoms with Crippen molar-refractivity contribution in [2.75, 3.05) is 0 Å². The number of H-pyrrole nitrogens is 1. The number of nitrogens with one attached hydrogen (secondary N) is 1. The van der Waals surface area contributed by atoms with Crippen molar-refractivity contribution in [2.24, 2.45) is 0 Å². The molecule has 1 heterocycles. The zero-order valence-corrected chi connectivity index (χ0v) is 13.9. The highest BCUT2D eigenvalue weighted by molar-refractivity contribution is 5.43. The molecule has 0 spiro atoms. The maximum Gasteiger partial charge on any atom is 0.264 e. The van der Waals surface area contributed by atoms with Crippen molar-refractivity contribution in [1.29, 1.82) is 0 Å². The number of rotatable bonds is 5. The van der Waals surface area contributed by atoms with E-state index in [1.807, 2.05) is 31.2 Å². The molecule has 2 aromatic carbocycles. The molecule has 4 nitrogen and oxygen atoms in total. The van der Waals surface area contributed by atoms with Gasteiger partial charge in [0.1, 0.15) is 11.5 Å². The summed E-state index contributed by atoms with van der Waals surface area (Å²) in [5.41, 5.74) is 3.99. The normalized spacial score (nSPS) is 10.6. The average Bonchev–Trinajstić information content (AvgIpc) is 2.59. The van der Waals surface area contributed by atoms with Gasteiger partial charge in [-0.3, -0.25) is 4.79 Å². The summed E-state index contributed by atoms with van der Waals surface area (Å²) in [6.45, 7) is 4.15. The van der Waals surface area contributed by atoms with E-state index >= 15 is 0 Å². The van der Waals surface area contributed by atoms with E-state index in [-0.39, 0.29) is 5.56 Å². The molecule has 0 amide bonds. The molecular weight excluding hydrogens is 300 g/mol. The van der Waals surface area contributed by atoms with Gasteiger partial charge in [-0.2, -0.15) is 5.10 Å². The minimum absolute atomic E-state index is 0.191. The number of aromatic amines is 1. The zero-order valence-electron chi connectivity index (χ0n) is 13.9. The summed E-state index contributed by atoms with van der Waals surface area (Å²) < 4.78 is 6.15. The van der Waals surface area contributed by atoms with Gasteiger partial charge in [-0.25, -0.2) is 5.10 Å². The van der Waals surface area contributed by atoms with E-state index in [1.165, 1.54) is 6.07 Å². The van der Waals surface area contributed by atoms with E-state index in [0.717, 1.165) is 40.3 Å². The minimum atomic E-state index is -0.191. The molecule has 0 atom stereocenters. The summed E-state index contributed by atoms with van der Waals surface area (Å²) in [6.07, 6.45) is 1.54. The smallest absolute Gasteiger partial charge is 0.264 e. The summed E-state index contributed by atoms with van der Waals surface area (Å²) in [6, 6.07) is 17.5. The van der Waals surface area contributed by atoms with Gasteiger partial charge in [0.05, 0.1) is 5.69 Å². The summed E-state index contributed by atoms with van der Waals surface area (Å²) in [4.78, 5) is 11.1. The Morgan fingerprint density at radius 2 is 1.88 bits per heavy atom. The second-order valence-electron chi connectivity index (χ2n) is 5.75. The maximum atomic E-state index is 11.1. The number of aryl methyl sites for hydroxylation is 2. The van der Waals surface area contributed by atoms with Gasteiger partial charge in [-0.1, -0.05) is 37.3 Å². The fourth-order valence-corrected chi connectivity index (χ4v) is 2.57. The summed E-state index contributed by atoms with van der Waals surface area (Å²) in [5, 5.41) is 6.53. The highest BCUT2D eigenvalue weighted by atomic mass is 16.5. The van der Waals surface area contributed by atoms with Crippen molar-refractivity contribution in [1.82, 2.24) is 10.2 Å². The van der Waals surface area contributed by atoms with Crippen LogP contribution in [0.1, 0.15) is 29.3 Å². The van der Waals surface area contributed by atoms with Crippen LogP contribution in [0.2, 0.25) is 0 Å². The standard InChI is InChI=1S/C20H20N2O2/c1-3-16-9-8-15(12-17-10-11-20(23)22-21-17)13-19(16)24-18-7-5-4-6-14(18)2/h4-11,13H,3,12H2,1-2H3,(H,22,23). The molecule has 24 heavy (non-hydrogen) atoms. The van der Waals surface area contributed by atoms with Gasteiger partial charge < -0.3 is 4.74 Å². The highest BCUT2D eigenvalue weighted by Gasteiger charge is 2.08. The molecule has 122 valence electrons. The number of hydrogen-bond donors (Lipinski definition) is 1. The Hall–Kier alpha value is -2.88. The molecule has 0 fully saturated rings. The lowest BCUT2D eigenvalue weighted by Gasteiger charge is -2.13. The second kappa shape index (κ2) is 7.13. The van der Waals surface area contributed by atoms with Gasteiger partial charge in [0.2, 0.25) is 0 Å². The third kappa shape index (κ3) is 3.71. The van der Waals surface area contributed by atoms with Crippen LogP contribution in [0.15, 0.2) is 59.4 Å². The molecule has 0 aliphatic heterocycles. The monoisotopic (exact) mass is 320 g/mol. The number of nitrogens with zero attached hydrogens (tertiary/aromatic N) is 1. The van der Waals surface area contributed by atoms with Crippen LogP contribution in [0.4, 0.5) is 0 Å². The Labute approximate surface area is 141 Å². The van der Waals surface area contributed by atoms with Crippen molar-refractivity contribution in [2.45, 2.75) is 26.7 Å². The van der Waals surface area contributed by atoms with Gasteiger partial charge in [0.15, 0.2) is 0 Å². The summed E-state index contributed by atoms with van der Waals surface area (Å²) in [5.74, 6) is 1.74. The Morgan fingerprint density at radius 3 is 2.58 bits per heavy atom. The molecule has 0 bridgehead atoms. The van der Waals surface area contributed by atoms with Crippen LogP contribution >= 0.6 is 0 Å². The van der Waals surface area contributed by atoms with Crippen LogP contribution in [-0.4, -0.2) is 10.2 Å². The molecule has 0 unspecified atom stereocenters. The predicted molar refractivity (Wildman–Crippen MR) is 94.7 cm³/mol. The Bertz CT molecular complexity index is 880. The first-order valence-corrected chi connectivity index (χ1v) is 8.05. The van der Waals surface area contributed by atoms with E-state index in [4.69, 9.17) is 4.74 Å². The van der Waals surface area contributed by atoms with Crippen molar-refractivity contribution in [3.05, 3.63) is 87.3 Å². The Balaban J connectivity index is 1.89. The van der Waals surface area contributed by atoms with Crippen LogP contribution in [0.5, 0.6) is 11.5 Å². The average molecular weight is 320 g/mol. The van der Waals surface area contributed by atoms with Crippen LogP contribution in [0, 0.1) is 6.92 Å². The molecule has 0 radical (unpaired) electrons. The van der Waals surface area contributed by atoms with Crippen LogP contribution < -0.4 is 10.3 Å². The molecule has 1 aromatic heterocycles. The molecule has 3 aromatic rings. The van der Waals surface area contributed by atoms with Gasteiger partial charge in [-0.05, 0) is 48.2 Å². The Morgan fingerprint density at radius 1 is 1.04 bits per heavy atom.